The van der Waals surface area contributed by atoms with Crippen LogP contribution in [0.25, 0.3) is 0 Å². The Morgan fingerprint density at radius 2 is 2.22 bits per heavy atom. The van der Waals surface area contributed by atoms with Crippen LogP contribution in [-0.4, -0.2) is 16.5 Å². The number of nitrogens with zero attached hydrogens (tertiary/aromatic N) is 2. The summed E-state index contributed by atoms with van der Waals surface area (Å²) in [5.41, 5.74) is 1.04. The number of hydrogen-bond donors (Lipinski definition) is 1. The minimum Gasteiger partial charge on any atom is -0.311 e. The molecule has 0 saturated heterocycles. The molecule has 2 heterocycles. The van der Waals surface area contributed by atoms with Crippen molar-refractivity contribution in [2.75, 3.05) is 6.54 Å². The summed E-state index contributed by atoms with van der Waals surface area (Å²) in [6, 6.07) is 9.17. The summed E-state index contributed by atoms with van der Waals surface area (Å²) in [6.07, 6.45) is 2.63. The largest absolute Gasteiger partial charge is 0.324 e. The van der Waals surface area contributed by atoms with E-state index in [1.807, 2.05) is 18.2 Å². The van der Waals surface area contributed by atoms with E-state index in [4.69, 9.17) is 0 Å². The monoisotopic (exact) mass is 263 g/mol. The van der Waals surface area contributed by atoms with Gasteiger partial charge in [0, 0.05) is 42.3 Å². The lowest BCUT2D eigenvalue weighted by Crippen LogP contribution is -2.16. The van der Waals surface area contributed by atoms with Gasteiger partial charge >= 0.3 is 5.00 Å². The maximum Gasteiger partial charge on any atom is 0.324 e. The predicted molar refractivity (Wildman–Crippen MR) is 70.6 cm³/mol. The molecule has 2 aromatic rings. The molecule has 0 atom stereocenters. The van der Waals surface area contributed by atoms with Crippen LogP contribution in [0.15, 0.2) is 36.5 Å². The van der Waals surface area contributed by atoms with E-state index >= 15 is 0 Å². The van der Waals surface area contributed by atoms with E-state index in [0.29, 0.717) is 6.54 Å². The molecule has 1 N–H and O–H groups in total. The van der Waals surface area contributed by atoms with E-state index in [0.717, 1.165) is 23.5 Å². The highest BCUT2D eigenvalue weighted by Crippen LogP contribution is 2.23. The van der Waals surface area contributed by atoms with Gasteiger partial charge in [0.15, 0.2) is 0 Å². The minimum absolute atomic E-state index is 0.191. The van der Waals surface area contributed by atoms with E-state index in [1.165, 1.54) is 11.3 Å². The third kappa shape index (κ3) is 3.61. The molecule has 6 heteroatoms. The van der Waals surface area contributed by atoms with Crippen LogP contribution in [0.5, 0.6) is 0 Å². The van der Waals surface area contributed by atoms with Gasteiger partial charge in [-0.05, 0) is 18.2 Å². The van der Waals surface area contributed by atoms with Crippen LogP contribution in [0.1, 0.15) is 10.6 Å². The molecule has 0 fully saturated rings. The van der Waals surface area contributed by atoms with Crippen molar-refractivity contribution in [3.63, 3.8) is 0 Å². The fourth-order valence-corrected chi connectivity index (χ4v) is 2.32. The molecular weight excluding hydrogens is 250 g/mol. The molecule has 5 nitrogen and oxygen atoms in total. The van der Waals surface area contributed by atoms with E-state index in [-0.39, 0.29) is 9.92 Å². The van der Waals surface area contributed by atoms with Gasteiger partial charge in [-0.2, -0.15) is 0 Å². The van der Waals surface area contributed by atoms with E-state index < -0.39 is 0 Å². The zero-order valence-corrected chi connectivity index (χ0v) is 10.5. The van der Waals surface area contributed by atoms with Crippen molar-refractivity contribution in [2.24, 2.45) is 0 Å². The maximum atomic E-state index is 10.5. The van der Waals surface area contributed by atoms with Gasteiger partial charge < -0.3 is 5.32 Å². The first-order valence-electron chi connectivity index (χ1n) is 5.59. The highest BCUT2D eigenvalue weighted by molar-refractivity contribution is 7.15. The van der Waals surface area contributed by atoms with E-state index in [1.54, 1.807) is 18.3 Å². The van der Waals surface area contributed by atoms with Crippen molar-refractivity contribution in [2.45, 2.75) is 13.0 Å². The molecule has 0 bridgehead atoms. The minimum atomic E-state index is -0.359. The lowest BCUT2D eigenvalue weighted by Gasteiger charge is -2.02. The van der Waals surface area contributed by atoms with Crippen molar-refractivity contribution in [1.82, 2.24) is 10.3 Å². The van der Waals surface area contributed by atoms with Gasteiger partial charge in [-0.3, -0.25) is 15.1 Å². The number of pyridine rings is 1. The van der Waals surface area contributed by atoms with Gasteiger partial charge in [0.05, 0.1) is 4.92 Å². The molecule has 0 saturated carbocycles. The highest BCUT2D eigenvalue weighted by Gasteiger charge is 2.08. The van der Waals surface area contributed by atoms with Crippen molar-refractivity contribution in [3.05, 3.63) is 57.2 Å². The molecule has 0 aromatic carbocycles. The third-order valence-electron chi connectivity index (χ3n) is 2.41. The smallest absolute Gasteiger partial charge is 0.311 e. The van der Waals surface area contributed by atoms with Crippen LogP contribution in [0.2, 0.25) is 0 Å². The number of nitro groups is 1. The average Bonchev–Trinajstić information content (AvgIpc) is 2.85. The Morgan fingerprint density at radius 1 is 1.33 bits per heavy atom. The zero-order valence-electron chi connectivity index (χ0n) is 9.70. The summed E-state index contributed by atoms with van der Waals surface area (Å²) >= 11 is 1.21. The molecule has 0 aliphatic carbocycles. The second-order valence-electron chi connectivity index (χ2n) is 3.74. The normalized spacial score (nSPS) is 10.4. The van der Waals surface area contributed by atoms with Crippen LogP contribution in [-0.2, 0) is 13.0 Å². The predicted octanol–water partition coefficient (Wildman–Crippen LogP) is 2.38. The molecule has 18 heavy (non-hydrogen) atoms. The number of thiophene rings is 1. The molecule has 94 valence electrons. The Hall–Kier alpha value is -1.79. The molecule has 0 spiro atoms. The molecule has 0 aliphatic heterocycles. The first-order chi connectivity index (χ1) is 8.75. The lowest BCUT2D eigenvalue weighted by atomic mass is 10.3. The number of hydrogen-bond acceptors (Lipinski definition) is 5. The quantitative estimate of drug-likeness (QED) is 0.493. The van der Waals surface area contributed by atoms with Gasteiger partial charge in [-0.15, -0.1) is 0 Å². The van der Waals surface area contributed by atoms with Gasteiger partial charge in [0.2, 0.25) is 0 Å². The van der Waals surface area contributed by atoms with E-state index in [2.05, 4.69) is 10.3 Å². The summed E-state index contributed by atoms with van der Waals surface area (Å²) in [6.45, 7) is 1.47. The van der Waals surface area contributed by atoms with Crippen molar-refractivity contribution in [1.29, 1.82) is 0 Å². The Labute approximate surface area is 109 Å². The van der Waals surface area contributed by atoms with Crippen molar-refractivity contribution < 1.29 is 4.92 Å². The summed E-state index contributed by atoms with van der Waals surface area (Å²) in [5.74, 6) is 0. The summed E-state index contributed by atoms with van der Waals surface area (Å²) in [7, 11) is 0. The topological polar surface area (TPSA) is 68.1 Å². The van der Waals surface area contributed by atoms with Crippen molar-refractivity contribution >= 4 is 16.3 Å². The summed E-state index contributed by atoms with van der Waals surface area (Å²) in [5, 5.41) is 14.0. The zero-order chi connectivity index (χ0) is 12.8. The fraction of sp³-hybridized carbons (Fsp3) is 0.250. The number of rotatable bonds is 6. The molecular formula is C12H13N3O2S. The average molecular weight is 263 g/mol. The van der Waals surface area contributed by atoms with Crippen LogP contribution in [0.3, 0.4) is 0 Å². The van der Waals surface area contributed by atoms with Gasteiger partial charge in [-0.1, -0.05) is 17.4 Å². The Bertz CT molecular complexity index is 513. The maximum absolute atomic E-state index is 10.5. The Balaban J connectivity index is 1.73. The van der Waals surface area contributed by atoms with Gasteiger partial charge in [0.25, 0.3) is 0 Å². The third-order valence-corrected chi connectivity index (χ3v) is 3.45. The fourth-order valence-electron chi connectivity index (χ4n) is 1.53. The second-order valence-corrected chi connectivity index (χ2v) is 4.89. The Kier molecular flexibility index (Phi) is 4.38. The second kappa shape index (κ2) is 6.23. The highest BCUT2D eigenvalue weighted by atomic mass is 32.1. The molecule has 0 unspecified atom stereocenters. The summed E-state index contributed by atoms with van der Waals surface area (Å²) in [4.78, 5) is 15.4. The van der Waals surface area contributed by atoms with Crippen LogP contribution in [0, 0.1) is 10.1 Å². The van der Waals surface area contributed by atoms with Crippen LogP contribution >= 0.6 is 11.3 Å². The first-order valence-corrected chi connectivity index (χ1v) is 6.41. The first kappa shape index (κ1) is 12.7. The van der Waals surface area contributed by atoms with E-state index in [9.17, 15) is 10.1 Å². The van der Waals surface area contributed by atoms with Gasteiger partial charge in [-0.25, -0.2) is 0 Å². The summed E-state index contributed by atoms with van der Waals surface area (Å²) < 4.78 is 0. The standard InChI is InChI=1S/C12H13N3O2S/c16-15(17)12-5-4-11(18-12)9-13-8-6-10-3-1-2-7-14-10/h1-5,7,13H,6,8-9H2. The molecule has 2 aromatic heterocycles. The Morgan fingerprint density at radius 3 is 2.89 bits per heavy atom. The van der Waals surface area contributed by atoms with Crippen LogP contribution in [0.4, 0.5) is 5.00 Å². The van der Waals surface area contributed by atoms with Gasteiger partial charge in [0.1, 0.15) is 0 Å². The van der Waals surface area contributed by atoms with Crippen molar-refractivity contribution in [3.8, 4) is 0 Å². The number of nitrogens with one attached hydrogen (secondary N) is 1. The molecule has 0 amide bonds. The number of aromatic nitrogens is 1. The lowest BCUT2D eigenvalue weighted by molar-refractivity contribution is -0.380. The molecule has 0 radical (unpaired) electrons. The molecule has 2 rings (SSSR count). The van der Waals surface area contributed by atoms with Crippen LogP contribution < -0.4 is 5.32 Å². The SMILES string of the molecule is O=[N+]([O-])c1ccc(CNCCc2ccccn2)s1. The molecule has 0 aliphatic rings.